The summed E-state index contributed by atoms with van der Waals surface area (Å²) in [4.78, 5) is 13.1. The molecule has 2 saturated carbocycles. The third kappa shape index (κ3) is 2.63. The number of rotatable bonds is 3. The van der Waals surface area contributed by atoms with Crippen molar-refractivity contribution >= 4 is 17.4 Å². The topological polar surface area (TPSA) is 41.1 Å². The van der Waals surface area contributed by atoms with E-state index in [1.54, 1.807) is 11.3 Å². The monoisotopic (exact) mass is 250 g/mol. The van der Waals surface area contributed by atoms with Crippen molar-refractivity contribution in [2.45, 2.75) is 50.1 Å². The number of nitrogens with one attached hydrogen (secondary N) is 2. The van der Waals surface area contributed by atoms with E-state index in [0.29, 0.717) is 18.0 Å². The minimum atomic E-state index is 0.0287. The smallest absolute Gasteiger partial charge is 0.315 e. The molecule has 0 radical (unpaired) electrons. The number of carbonyl (C=O) groups excluding carboxylic acids is 1. The summed E-state index contributed by atoms with van der Waals surface area (Å²) >= 11 is 1.79. The van der Waals surface area contributed by atoms with Crippen molar-refractivity contribution < 1.29 is 4.79 Å². The van der Waals surface area contributed by atoms with Gasteiger partial charge in [0, 0.05) is 22.9 Å². The van der Waals surface area contributed by atoms with Gasteiger partial charge in [-0.15, -0.1) is 11.3 Å². The van der Waals surface area contributed by atoms with Crippen LogP contribution in [-0.4, -0.2) is 18.1 Å². The lowest BCUT2D eigenvalue weighted by Crippen LogP contribution is -2.42. The van der Waals surface area contributed by atoms with Crippen molar-refractivity contribution in [2.75, 3.05) is 0 Å². The number of amides is 2. The van der Waals surface area contributed by atoms with E-state index in [4.69, 9.17) is 0 Å². The van der Waals surface area contributed by atoms with Gasteiger partial charge in [-0.1, -0.05) is 18.9 Å². The highest BCUT2D eigenvalue weighted by atomic mass is 32.1. The van der Waals surface area contributed by atoms with Gasteiger partial charge in [0.05, 0.1) is 0 Å². The van der Waals surface area contributed by atoms with Gasteiger partial charge in [-0.3, -0.25) is 0 Å². The van der Waals surface area contributed by atoms with Gasteiger partial charge in [0.2, 0.25) is 0 Å². The number of hydrogen-bond acceptors (Lipinski definition) is 2. The molecule has 3 nitrogen and oxygen atoms in total. The van der Waals surface area contributed by atoms with Crippen LogP contribution in [0.2, 0.25) is 0 Å². The predicted molar refractivity (Wildman–Crippen MR) is 69.4 cm³/mol. The summed E-state index contributed by atoms with van der Waals surface area (Å²) in [6.07, 6.45) is 5.90. The van der Waals surface area contributed by atoms with E-state index >= 15 is 0 Å². The summed E-state index contributed by atoms with van der Waals surface area (Å²) < 4.78 is 0. The molecule has 2 amide bonds. The maximum absolute atomic E-state index is 11.7. The standard InChI is InChI=1S/C13H18N2OS/c16-13(14-9-4-1-2-5-9)15-11-8-10(11)12-6-3-7-17-12/h3,6-7,9-11H,1-2,4-5,8H2,(H2,14,15,16). The van der Waals surface area contributed by atoms with Crippen molar-refractivity contribution in [3.63, 3.8) is 0 Å². The zero-order chi connectivity index (χ0) is 11.7. The van der Waals surface area contributed by atoms with E-state index in [-0.39, 0.29) is 6.03 Å². The molecule has 4 heteroatoms. The summed E-state index contributed by atoms with van der Waals surface area (Å²) in [5, 5.41) is 8.25. The second-order valence-electron chi connectivity index (χ2n) is 5.06. The molecule has 0 bridgehead atoms. The van der Waals surface area contributed by atoms with E-state index in [1.807, 2.05) is 0 Å². The third-order valence-corrected chi connectivity index (χ3v) is 4.71. The maximum Gasteiger partial charge on any atom is 0.315 e. The van der Waals surface area contributed by atoms with E-state index in [0.717, 1.165) is 19.3 Å². The number of thiophene rings is 1. The lowest BCUT2D eigenvalue weighted by Gasteiger charge is -2.12. The molecule has 2 atom stereocenters. The van der Waals surface area contributed by atoms with Gasteiger partial charge in [0.1, 0.15) is 0 Å². The Morgan fingerprint density at radius 3 is 2.82 bits per heavy atom. The van der Waals surface area contributed by atoms with Crippen LogP contribution in [-0.2, 0) is 0 Å². The zero-order valence-electron chi connectivity index (χ0n) is 9.82. The van der Waals surface area contributed by atoms with Crippen LogP contribution >= 0.6 is 11.3 Å². The molecular weight excluding hydrogens is 232 g/mol. The van der Waals surface area contributed by atoms with Crippen LogP contribution in [0.25, 0.3) is 0 Å². The van der Waals surface area contributed by atoms with Crippen LogP contribution in [0.4, 0.5) is 4.79 Å². The predicted octanol–water partition coefficient (Wildman–Crippen LogP) is 2.85. The van der Waals surface area contributed by atoms with Crippen LogP contribution in [0, 0.1) is 0 Å². The van der Waals surface area contributed by atoms with E-state index in [2.05, 4.69) is 28.1 Å². The van der Waals surface area contributed by atoms with Gasteiger partial charge >= 0.3 is 6.03 Å². The Morgan fingerprint density at radius 2 is 2.12 bits per heavy atom. The van der Waals surface area contributed by atoms with E-state index in [9.17, 15) is 4.79 Å². The summed E-state index contributed by atoms with van der Waals surface area (Å²) in [7, 11) is 0. The average Bonchev–Trinajstić information content (AvgIpc) is 2.77. The van der Waals surface area contributed by atoms with Crippen LogP contribution in [0.1, 0.15) is 42.9 Å². The molecule has 1 aromatic rings. The molecule has 0 saturated heterocycles. The molecule has 17 heavy (non-hydrogen) atoms. The molecule has 2 fully saturated rings. The van der Waals surface area contributed by atoms with Crippen molar-refractivity contribution in [3.8, 4) is 0 Å². The molecule has 3 rings (SSSR count). The number of urea groups is 1. The van der Waals surface area contributed by atoms with Crippen LogP contribution in [0.15, 0.2) is 17.5 Å². The maximum atomic E-state index is 11.7. The summed E-state index contributed by atoms with van der Waals surface area (Å²) in [5.74, 6) is 0.560. The van der Waals surface area contributed by atoms with Crippen LogP contribution < -0.4 is 10.6 Å². The van der Waals surface area contributed by atoms with Gasteiger partial charge in [-0.05, 0) is 30.7 Å². The lowest BCUT2D eigenvalue weighted by molar-refractivity contribution is 0.236. The first kappa shape index (κ1) is 11.1. The fourth-order valence-electron chi connectivity index (χ4n) is 2.64. The fourth-order valence-corrected chi connectivity index (χ4v) is 3.54. The van der Waals surface area contributed by atoms with E-state index in [1.165, 1.54) is 17.7 Å². The van der Waals surface area contributed by atoms with Gasteiger partial charge < -0.3 is 10.6 Å². The third-order valence-electron chi connectivity index (χ3n) is 3.71. The Kier molecular flexibility index (Phi) is 3.05. The Hall–Kier alpha value is -1.03. The molecule has 0 aliphatic heterocycles. The molecule has 2 aliphatic rings. The summed E-state index contributed by atoms with van der Waals surface area (Å²) in [6.45, 7) is 0. The Bertz CT molecular complexity index is 384. The summed E-state index contributed by atoms with van der Waals surface area (Å²) in [6, 6.07) is 5.03. The minimum Gasteiger partial charge on any atom is -0.335 e. The number of hydrogen-bond donors (Lipinski definition) is 2. The molecule has 2 N–H and O–H groups in total. The van der Waals surface area contributed by atoms with Gasteiger partial charge in [-0.25, -0.2) is 4.79 Å². The molecule has 1 aromatic heterocycles. The fraction of sp³-hybridized carbons (Fsp3) is 0.615. The quantitative estimate of drug-likeness (QED) is 0.851. The second kappa shape index (κ2) is 4.69. The molecule has 2 unspecified atom stereocenters. The highest BCUT2D eigenvalue weighted by Gasteiger charge is 2.40. The first-order valence-electron chi connectivity index (χ1n) is 6.43. The van der Waals surface area contributed by atoms with Crippen LogP contribution in [0.3, 0.4) is 0 Å². The first-order valence-corrected chi connectivity index (χ1v) is 7.31. The van der Waals surface area contributed by atoms with Crippen molar-refractivity contribution in [2.24, 2.45) is 0 Å². The Balaban J connectivity index is 1.44. The molecule has 92 valence electrons. The van der Waals surface area contributed by atoms with Crippen LogP contribution in [0.5, 0.6) is 0 Å². The van der Waals surface area contributed by atoms with E-state index < -0.39 is 0 Å². The first-order chi connectivity index (χ1) is 8.33. The molecule has 0 spiro atoms. The molecular formula is C13H18N2OS. The molecule has 2 aliphatic carbocycles. The zero-order valence-corrected chi connectivity index (χ0v) is 10.6. The lowest BCUT2D eigenvalue weighted by atomic mass is 10.2. The van der Waals surface area contributed by atoms with Crippen molar-refractivity contribution in [3.05, 3.63) is 22.4 Å². The largest absolute Gasteiger partial charge is 0.335 e. The SMILES string of the molecule is O=C(NC1CCCC1)NC1CC1c1cccs1. The van der Waals surface area contributed by atoms with Gasteiger partial charge in [0.15, 0.2) is 0 Å². The molecule has 1 heterocycles. The van der Waals surface area contributed by atoms with Gasteiger partial charge in [-0.2, -0.15) is 0 Å². The minimum absolute atomic E-state index is 0.0287. The average molecular weight is 250 g/mol. The highest BCUT2D eigenvalue weighted by Crippen LogP contribution is 2.42. The Morgan fingerprint density at radius 1 is 1.29 bits per heavy atom. The second-order valence-corrected chi connectivity index (χ2v) is 6.04. The van der Waals surface area contributed by atoms with Crippen molar-refractivity contribution in [1.29, 1.82) is 0 Å². The van der Waals surface area contributed by atoms with Crippen molar-refractivity contribution in [1.82, 2.24) is 10.6 Å². The molecule has 0 aromatic carbocycles. The number of carbonyl (C=O) groups is 1. The highest BCUT2D eigenvalue weighted by molar-refractivity contribution is 7.10. The van der Waals surface area contributed by atoms with Gasteiger partial charge in [0.25, 0.3) is 0 Å². The summed E-state index contributed by atoms with van der Waals surface area (Å²) in [5.41, 5.74) is 0. The normalized spacial score (nSPS) is 28.0. The Labute approximate surface area is 106 Å².